The maximum absolute atomic E-state index is 13.3. The number of ether oxygens (including phenoxy) is 1. The van der Waals surface area contributed by atoms with Gasteiger partial charge in [0.25, 0.3) is 0 Å². The van der Waals surface area contributed by atoms with Gasteiger partial charge in [-0.2, -0.15) is 4.39 Å². The van der Waals surface area contributed by atoms with E-state index in [4.69, 9.17) is 9.84 Å². The third-order valence-corrected chi connectivity index (χ3v) is 2.81. The molecule has 0 aliphatic rings. The quantitative estimate of drug-likeness (QED) is 0.799. The Morgan fingerprint density at radius 2 is 2.16 bits per heavy atom. The molecule has 1 aromatic rings. The van der Waals surface area contributed by atoms with Crippen LogP contribution in [0.2, 0.25) is 0 Å². The predicted octanol–water partition coefficient (Wildman–Crippen LogP) is 2.19. The Morgan fingerprint density at radius 3 is 2.74 bits per heavy atom. The maximum Gasteiger partial charge on any atom is 0.323 e. The number of carbonyl (C=O) groups is 1. The van der Waals surface area contributed by atoms with Crippen LogP contribution in [0.4, 0.5) is 8.78 Å². The number of halogens is 2. The van der Waals surface area contributed by atoms with Crippen LogP contribution in [0.1, 0.15) is 20.3 Å². The highest BCUT2D eigenvalue weighted by Gasteiger charge is 2.31. The Hall–Kier alpha value is -1.69. The summed E-state index contributed by atoms with van der Waals surface area (Å²) in [7, 11) is 0. The molecule has 6 heteroatoms. The fraction of sp³-hybridized carbons (Fsp3) is 0.462. The summed E-state index contributed by atoms with van der Waals surface area (Å²) in [6.07, 6.45) is 0.131. The van der Waals surface area contributed by atoms with Crippen molar-refractivity contribution in [1.29, 1.82) is 0 Å². The number of likely N-dealkylation sites (N-methyl/N-ethyl adjacent to an activating group) is 1. The molecular weight excluding hydrogens is 256 g/mol. The minimum Gasteiger partial charge on any atom is -0.490 e. The third-order valence-electron chi connectivity index (χ3n) is 2.81. The van der Waals surface area contributed by atoms with E-state index in [2.05, 4.69) is 5.32 Å². The van der Waals surface area contributed by atoms with E-state index in [1.807, 2.05) is 0 Å². The van der Waals surface area contributed by atoms with Crippen molar-refractivity contribution in [1.82, 2.24) is 5.32 Å². The van der Waals surface area contributed by atoms with E-state index in [1.165, 1.54) is 19.1 Å². The van der Waals surface area contributed by atoms with Gasteiger partial charge >= 0.3 is 5.97 Å². The van der Waals surface area contributed by atoms with Crippen molar-refractivity contribution in [3.8, 4) is 5.75 Å². The van der Waals surface area contributed by atoms with Crippen molar-refractivity contribution in [2.75, 3.05) is 13.2 Å². The van der Waals surface area contributed by atoms with Gasteiger partial charge in [-0.05, 0) is 25.6 Å². The maximum atomic E-state index is 13.3. The number of hydrogen-bond acceptors (Lipinski definition) is 3. The number of hydrogen-bond donors (Lipinski definition) is 2. The van der Waals surface area contributed by atoms with E-state index in [-0.39, 0.29) is 18.8 Å². The molecule has 0 bridgehead atoms. The molecule has 1 rings (SSSR count). The van der Waals surface area contributed by atoms with Gasteiger partial charge in [-0.25, -0.2) is 4.39 Å². The molecule has 0 aromatic heterocycles. The van der Waals surface area contributed by atoms with Crippen LogP contribution in [-0.4, -0.2) is 29.8 Å². The molecule has 4 nitrogen and oxygen atoms in total. The third kappa shape index (κ3) is 3.89. The van der Waals surface area contributed by atoms with Gasteiger partial charge in [0.1, 0.15) is 5.54 Å². The topological polar surface area (TPSA) is 58.6 Å². The summed E-state index contributed by atoms with van der Waals surface area (Å²) in [4.78, 5) is 11.1. The predicted molar refractivity (Wildman–Crippen MR) is 66.2 cm³/mol. The Labute approximate surface area is 110 Å². The van der Waals surface area contributed by atoms with E-state index in [0.717, 1.165) is 6.07 Å². The molecule has 0 saturated carbocycles. The lowest BCUT2D eigenvalue weighted by molar-refractivity contribution is -0.144. The Morgan fingerprint density at radius 1 is 1.47 bits per heavy atom. The molecule has 0 saturated heterocycles. The summed E-state index contributed by atoms with van der Waals surface area (Å²) in [5.41, 5.74) is -1.15. The van der Waals surface area contributed by atoms with Crippen LogP contribution in [0.25, 0.3) is 0 Å². The van der Waals surface area contributed by atoms with E-state index >= 15 is 0 Å². The lowest BCUT2D eigenvalue weighted by Crippen LogP contribution is -2.50. The van der Waals surface area contributed by atoms with Crippen molar-refractivity contribution in [2.45, 2.75) is 25.8 Å². The van der Waals surface area contributed by atoms with Gasteiger partial charge < -0.3 is 15.2 Å². The zero-order valence-electron chi connectivity index (χ0n) is 10.9. The van der Waals surface area contributed by atoms with Gasteiger partial charge in [0.2, 0.25) is 5.82 Å². The van der Waals surface area contributed by atoms with Crippen molar-refractivity contribution < 1.29 is 23.4 Å². The minimum absolute atomic E-state index is 0.0316. The van der Waals surface area contributed by atoms with E-state index in [9.17, 15) is 13.6 Å². The molecule has 0 radical (unpaired) electrons. The lowest BCUT2D eigenvalue weighted by atomic mass is 9.98. The van der Waals surface area contributed by atoms with Gasteiger partial charge in [0.15, 0.2) is 11.6 Å². The molecule has 2 N–H and O–H groups in total. The highest BCUT2D eigenvalue weighted by molar-refractivity contribution is 5.78. The van der Waals surface area contributed by atoms with Gasteiger partial charge in [-0.3, -0.25) is 4.79 Å². The van der Waals surface area contributed by atoms with Crippen LogP contribution in [0.15, 0.2) is 18.2 Å². The average Bonchev–Trinajstić information content (AvgIpc) is 2.34. The van der Waals surface area contributed by atoms with Crippen LogP contribution in [0.3, 0.4) is 0 Å². The summed E-state index contributed by atoms with van der Waals surface area (Å²) in [5, 5.41) is 11.9. The number of nitrogens with one attached hydrogen (secondary N) is 1. The standard InChI is InChI=1S/C13H17F2NO3/c1-3-16-13(2,12(17)18)7-8-19-10-6-4-5-9(14)11(10)15/h4-6,16H,3,7-8H2,1-2H3,(H,17,18). The molecule has 19 heavy (non-hydrogen) atoms. The van der Waals surface area contributed by atoms with Crippen molar-refractivity contribution in [3.63, 3.8) is 0 Å². The van der Waals surface area contributed by atoms with Crippen LogP contribution in [-0.2, 0) is 4.79 Å². The Bertz CT molecular complexity index is 454. The first-order valence-corrected chi connectivity index (χ1v) is 5.96. The van der Waals surface area contributed by atoms with Crippen molar-refractivity contribution in [2.24, 2.45) is 0 Å². The second-order valence-electron chi connectivity index (χ2n) is 4.32. The first-order chi connectivity index (χ1) is 8.90. The number of carboxylic acid groups (broad SMARTS) is 1. The van der Waals surface area contributed by atoms with Gasteiger partial charge in [0, 0.05) is 6.42 Å². The fourth-order valence-electron chi connectivity index (χ4n) is 1.62. The summed E-state index contributed by atoms with van der Waals surface area (Å²) in [6, 6.07) is 3.61. The van der Waals surface area contributed by atoms with Crippen molar-refractivity contribution in [3.05, 3.63) is 29.8 Å². The normalized spacial score (nSPS) is 13.9. The van der Waals surface area contributed by atoms with Gasteiger partial charge in [0.05, 0.1) is 6.61 Å². The van der Waals surface area contributed by atoms with Crippen LogP contribution in [0, 0.1) is 11.6 Å². The number of benzene rings is 1. The number of carboxylic acids is 1. The van der Waals surface area contributed by atoms with E-state index < -0.39 is 23.1 Å². The summed E-state index contributed by atoms with van der Waals surface area (Å²) >= 11 is 0. The second-order valence-corrected chi connectivity index (χ2v) is 4.32. The summed E-state index contributed by atoms with van der Waals surface area (Å²) in [6.45, 7) is 3.76. The molecule has 0 amide bonds. The smallest absolute Gasteiger partial charge is 0.323 e. The molecule has 1 unspecified atom stereocenters. The molecule has 0 aliphatic heterocycles. The molecule has 1 atom stereocenters. The SMILES string of the molecule is CCNC(C)(CCOc1cccc(F)c1F)C(=O)O. The average molecular weight is 273 g/mol. The van der Waals surface area contributed by atoms with Crippen LogP contribution in [0.5, 0.6) is 5.75 Å². The highest BCUT2D eigenvalue weighted by atomic mass is 19.2. The Kier molecular flexibility index (Phi) is 5.23. The number of aliphatic carboxylic acids is 1. The lowest BCUT2D eigenvalue weighted by Gasteiger charge is -2.25. The molecule has 0 fully saturated rings. The highest BCUT2D eigenvalue weighted by Crippen LogP contribution is 2.20. The molecule has 1 aromatic carbocycles. The first-order valence-electron chi connectivity index (χ1n) is 5.96. The Balaban J connectivity index is 2.62. The zero-order chi connectivity index (χ0) is 14.5. The van der Waals surface area contributed by atoms with Crippen molar-refractivity contribution >= 4 is 5.97 Å². The molecule has 0 spiro atoms. The molecular formula is C13H17F2NO3. The minimum atomic E-state index is -1.15. The number of rotatable bonds is 7. The molecule has 0 heterocycles. The molecule has 106 valence electrons. The van der Waals surface area contributed by atoms with E-state index in [0.29, 0.717) is 6.54 Å². The molecule has 0 aliphatic carbocycles. The summed E-state index contributed by atoms with van der Waals surface area (Å²) in [5.74, 6) is -3.30. The fourth-order valence-corrected chi connectivity index (χ4v) is 1.62. The second kappa shape index (κ2) is 6.47. The monoisotopic (exact) mass is 273 g/mol. The van der Waals surface area contributed by atoms with Crippen LogP contribution >= 0.6 is 0 Å². The van der Waals surface area contributed by atoms with Gasteiger partial charge in [-0.15, -0.1) is 0 Å². The van der Waals surface area contributed by atoms with Gasteiger partial charge in [-0.1, -0.05) is 13.0 Å². The van der Waals surface area contributed by atoms with Crippen LogP contribution < -0.4 is 10.1 Å². The largest absolute Gasteiger partial charge is 0.490 e. The van der Waals surface area contributed by atoms with E-state index in [1.54, 1.807) is 6.92 Å². The zero-order valence-corrected chi connectivity index (χ0v) is 10.9. The summed E-state index contributed by atoms with van der Waals surface area (Å²) < 4.78 is 31.3. The first kappa shape index (κ1) is 15.4.